The SMILES string of the molecule is CC(O)(C(=O)OC1CC[N+]2(CCSCC2)C1)c1cc[nH]c1. The standard InChI is InChI=1S/C15H23N2O3S/c1-15(19,12-2-4-16-10-12)14(18)20-13-3-5-17(11-13)6-8-21-9-7-17/h2,4,10,13,16,19H,3,5-9,11H2,1H3/q+1. The second kappa shape index (κ2) is 5.66. The Bertz CT molecular complexity index is 495. The minimum atomic E-state index is -1.58. The first-order valence-electron chi connectivity index (χ1n) is 7.51. The number of hydrogen-bond acceptors (Lipinski definition) is 4. The van der Waals surface area contributed by atoms with Crippen molar-refractivity contribution in [2.45, 2.75) is 25.0 Å². The second-order valence-electron chi connectivity index (χ2n) is 6.30. The van der Waals surface area contributed by atoms with Crippen LogP contribution in [0.2, 0.25) is 0 Å². The molecule has 2 saturated heterocycles. The minimum absolute atomic E-state index is 0.0639. The van der Waals surface area contributed by atoms with Crippen LogP contribution in [0.15, 0.2) is 18.5 Å². The highest BCUT2D eigenvalue weighted by Gasteiger charge is 2.43. The lowest BCUT2D eigenvalue weighted by Crippen LogP contribution is -2.52. The third kappa shape index (κ3) is 2.98. The molecule has 0 amide bonds. The maximum absolute atomic E-state index is 12.3. The van der Waals surface area contributed by atoms with E-state index >= 15 is 0 Å². The second-order valence-corrected chi connectivity index (χ2v) is 7.52. The number of hydrogen-bond donors (Lipinski definition) is 2. The van der Waals surface area contributed by atoms with Crippen LogP contribution < -0.4 is 0 Å². The number of aliphatic hydroxyl groups is 1. The largest absolute Gasteiger partial charge is 0.454 e. The van der Waals surface area contributed by atoms with E-state index in [1.54, 1.807) is 18.5 Å². The van der Waals surface area contributed by atoms with E-state index in [0.29, 0.717) is 5.56 Å². The van der Waals surface area contributed by atoms with Crippen molar-refractivity contribution in [2.75, 3.05) is 37.7 Å². The van der Waals surface area contributed by atoms with Gasteiger partial charge in [-0.05, 0) is 13.0 Å². The molecule has 1 spiro atoms. The Morgan fingerprint density at radius 2 is 2.24 bits per heavy atom. The average molecular weight is 311 g/mol. The Hall–Kier alpha value is -0.980. The Morgan fingerprint density at radius 1 is 1.48 bits per heavy atom. The van der Waals surface area contributed by atoms with E-state index in [-0.39, 0.29) is 6.10 Å². The molecule has 2 fully saturated rings. The normalized spacial score (nSPS) is 27.4. The van der Waals surface area contributed by atoms with Crippen LogP contribution in [0.5, 0.6) is 0 Å². The number of carbonyl (C=O) groups is 1. The highest BCUT2D eigenvalue weighted by molar-refractivity contribution is 7.99. The van der Waals surface area contributed by atoms with Gasteiger partial charge in [-0.2, -0.15) is 11.8 Å². The first-order chi connectivity index (χ1) is 10.0. The summed E-state index contributed by atoms with van der Waals surface area (Å²) in [6.45, 7) is 5.83. The molecule has 2 aliphatic heterocycles. The van der Waals surface area contributed by atoms with E-state index < -0.39 is 11.6 Å². The van der Waals surface area contributed by atoms with Gasteiger partial charge in [0.15, 0.2) is 11.7 Å². The summed E-state index contributed by atoms with van der Waals surface area (Å²) in [5.41, 5.74) is -1.03. The number of aromatic amines is 1. The predicted octanol–water partition coefficient (Wildman–Crippen LogP) is 1.10. The van der Waals surface area contributed by atoms with E-state index in [2.05, 4.69) is 4.98 Å². The van der Waals surface area contributed by atoms with Crippen LogP contribution in [0.25, 0.3) is 0 Å². The molecule has 2 unspecified atom stereocenters. The number of esters is 1. The molecule has 3 rings (SSSR count). The summed E-state index contributed by atoms with van der Waals surface area (Å²) >= 11 is 2.01. The molecule has 2 aliphatic rings. The molecule has 0 bridgehead atoms. The third-order valence-corrected chi connectivity index (χ3v) is 5.71. The van der Waals surface area contributed by atoms with Crippen molar-refractivity contribution in [1.82, 2.24) is 4.98 Å². The summed E-state index contributed by atoms with van der Waals surface area (Å²) in [7, 11) is 0. The van der Waals surface area contributed by atoms with E-state index in [0.717, 1.165) is 24.0 Å². The zero-order valence-electron chi connectivity index (χ0n) is 12.4. The van der Waals surface area contributed by atoms with Crippen LogP contribution >= 0.6 is 11.8 Å². The highest BCUT2D eigenvalue weighted by Crippen LogP contribution is 2.29. The van der Waals surface area contributed by atoms with Crippen molar-refractivity contribution in [3.05, 3.63) is 24.0 Å². The fourth-order valence-corrected chi connectivity index (χ4v) is 4.51. The number of quaternary nitrogens is 1. The summed E-state index contributed by atoms with van der Waals surface area (Å²) in [6.07, 6.45) is 4.16. The van der Waals surface area contributed by atoms with Crippen molar-refractivity contribution >= 4 is 17.7 Å². The van der Waals surface area contributed by atoms with Gasteiger partial charge in [0, 0.05) is 35.9 Å². The van der Waals surface area contributed by atoms with Crippen molar-refractivity contribution in [1.29, 1.82) is 0 Å². The quantitative estimate of drug-likeness (QED) is 0.648. The van der Waals surface area contributed by atoms with Gasteiger partial charge in [-0.1, -0.05) is 0 Å². The van der Waals surface area contributed by atoms with E-state index in [4.69, 9.17) is 4.74 Å². The smallest absolute Gasteiger partial charge is 0.343 e. The summed E-state index contributed by atoms with van der Waals surface area (Å²) in [5, 5.41) is 10.4. The molecule has 6 heteroatoms. The average Bonchev–Trinajstić information content (AvgIpc) is 3.11. The fraction of sp³-hybridized carbons (Fsp3) is 0.667. The minimum Gasteiger partial charge on any atom is -0.454 e. The molecular formula is C15H23N2O3S+. The molecule has 0 radical (unpaired) electrons. The molecule has 1 aromatic rings. The molecule has 5 nitrogen and oxygen atoms in total. The van der Waals surface area contributed by atoms with Crippen LogP contribution in [0.4, 0.5) is 0 Å². The number of rotatable bonds is 3. The summed E-state index contributed by atoms with van der Waals surface area (Å²) in [5.74, 6) is 1.85. The number of H-pyrrole nitrogens is 1. The van der Waals surface area contributed by atoms with Gasteiger partial charge in [0.1, 0.15) is 6.54 Å². The zero-order valence-corrected chi connectivity index (χ0v) is 13.2. The van der Waals surface area contributed by atoms with Gasteiger partial charge in [-0.3, -0.25) is 0 Å². The fourth-order valence-electron chi connectivity index (χ4n) is 3.28. The summed E-state index contributed by atoms with van der Waals surface area (Å²) in [6, 6.07) is 1.70. The van der Waals surface area contributed by atoms with Crippen LogP contribution in [0.3, 0.4) is 0 Å². The molecule has 0 saturated carbocycles. The van der Waals surface area contributed by atoms with Gasteiger partial charge in [0.2, 0.25) is 0 Å². The number of nitrogens with zero attached hydrogens (tertiary/aromatic N) is 1. The molecule has 3 heterocycles. The van der Waals surface area contributed by atoms with E-state index in [1.165, 1.54) is 31.5 Å². The lowest BCUT2D eigenvalue weighted by Gasteiger charge is -2.37. The molecule has 21 heavy (non-hydrogen) atoms. The van der Waals surface area contributed by atoms with Crippen LogP contribution in [0.1, 0.15) is 18.9 Å². The van der Waals surface area contributed by atoms with Gasteiger partial charge in [0.05, 0.1) is 19.6 Å². The van der Waals surface area contributed by atoms with Crippen LogP contribution in [-0.2, 0) is 15.1 Å². The van der Waals surface area contributed by atoms with E-state index in [9.17, 15) is 9.90 Å². The van der Waals surface area contributed by atoms with Crippen molar-refractivity contribution in [3.8, 4) is 0 Å². The monoisotopic (exact) mass is 311 g/mol. The van der Waals surface area contributed by atoms with Crippen LogP contribution in [-0.4, -0.2) is 64.3 Å². The Balaban J connectivity index is 1.61. The molecule has 0 aliphatic carbocycles. The number of aromatic nitrogens is 1. The van der Waals surface area contributed by atoms with Gasteiger partial charge >= 0.3 is 5.97 Å². The maximum atomic E-state index is 12.3. The summed E-state index contributed by atoms with van der Waals surface area (Å²) in [4.78, 5) is 15.2. The lowest BCUT2D eigenvalue weighted by atomic mass is 9.99. The first-order valence-corrected chi connectivity index (χ1v) is 8.67. The Labute approximate surface area is 129 Å². The number of ether oxygens (including phenoxy) is 1. The molecule has 2 atom stereocenters. The third-order valence-electron chi connectivity index (χ3n) is 4.77. The van der Waals surface area contributed by atoms with Crippen molar-refractivity contribution in [2.24, 2.45) is 0 Å². The summed E-state index contributed by atoms with van der Waals surface area (Å²) < 4.78 is 6.68. The highest BCUT2D eigenvalue weighted by atomic mass is 32.2. The van der Waals surface area contributed by atoms with Crippen LogP contribution in [0, 0.1) is 0 Å². The number of nitrogens with one attached hydrogen (secondary N) is 1. The first kappa shape index (κ1) is 14.9. The van der Waals surface area contributed by atoms with Gasteiger partial charge < -0.3 is 19.3 Å². The molecule has 0 aromatic carbocycles. The topological polar surface area (TPSA) is 62.3 Å². The van der Waals surface area contributed by atoms with Gasteiger partial charge in [-0.15, -0.1) is 0 Å². The molecule has 2 N–H and O–H groups in total. The van der Waals surface area contributed by atoms with Crippen molar-refractivity contribution in [3.63, 3.8) is 0 Å². The predicted molar refractivity (Wildman–Crippen MR) is 81.9 cm³/mol. The van der Waals surface area contributed by atoms with E-state index in [1.807, 2.05) is 11.8 Å². The molecule has 116 valence electrons. The Kier molecular flexibility index (Phi) is 4.03. The van der Waals surface area contributed by atoms with Crippen molar-refractivity contribution < 1.29 is 19.1 Å². The molecule has 1 aromatic heterocycles. The van der Waals surface area contributed by atoms with Gasteiger partial charge in [0.25, 0.3) is 0 Å². The number of thioether (sulfide) groups is 1. The lowest BCUT2D eigenvalue weighted by molar-refractivity contribution is -0.914. The molecular weight excluding hydrogens is 288 g/mol. The Morgan fingerprint density at radius 3 is 2.90 bits per heavy atom. The zero-order chi connectivity index (χ0) is 14.9. The maximum Gasteiger partial charge on any atom is 0.343 e. The van der Waals surface area contributed by atoms with Gasteiger partial charge in [-0.25, -0.2) is 4.79 Å². The number of carbonyl (C=O) groups excluding carboxylic acids is 1.